The Balaban J connectivity index is 1.76. The molecule has 1 fully saturated rings. The number of hydrogen-bond donors (Lipinski definition) is 7. The highest BCUT2D eigenvalue weighted by molar-refractivity contribution is 7.46. The fourth-order valence-corrected chi connectivity index (χ4v) is 7.87. The average Bonchev–Trinajstić information content (AvgIpc) is 3.91. The third-order valence-electron chi connectivity index (χ3n) is 10.6. The van der Waals surface area contributed by atoms with Gasteiger partial charge in [0.05, 0.1) is 69.3 Å². The van der Waals surface area contributed by atoms with Crippen molar-refractivity contribution in [2.24, 2.45) is 23.5 Å². The Kier molecular flexibility index (Phi) is 22.7. The number of carbonyl (C=O) groups is 6. The lowest BCUT2D eigenvalue weighted by atomic mass is 9.89. The zero-order valence-corrected chi connectivity index (χ0v) is 37.4. The van der Waals surface area contributed by atoms with E-state index in [2.05, 4.69) is 37.3 Å². The number of H-pyrrole nitrogens is 1. The number of aromatic amines is 1. The van der Waals surface area contributed by atoms with Gasteiger partial charge in [0.2, 0.25) is 23.6 Å². The number of ketones is 2. The first-order valence-electron chi connectivity index (χ1n) is 21.2. The average molecular weight is 909 g/mol. The molecular formula is C42H65N6O14P. The van der Waals surface area contributed by atoms with Crippen LogP contribution in [0.1, 0.15) is 77.0 Å². The van der Waals surface area contributed by atoms with Gasteiger partial charge in [-0.1, -0.05) is 44.2 Å². The molecule has 0 aliphatic carbocycles. The highest BCUT2D eigenvalue weighted by atomic mass is 31.2. The number of primary amides is 1. The number of phosphoric acid groups is 1. The molecule has 1 unspecified atom stereocenters. The smallest absolute Gasteiger partial charge is 0.394 e. The van der Waals surface area contributed by atoms with Crippen molar-refractivity contribution in [1.29, 1.82) is 0 Å². The minimum atomic E-state index is -5.07. The number of hydrogen-bond acceptors (Lipinski definition) is 13. The van der Waals surface area contributed by atoms with Crippen molar-refractivity contribution < 1.29 is 67.0 Å². The van der Waals surface area contributed by atoms with Crippen molar-refractivity contribution in [3.63, 3.8) is 0 Å². The summed E-state index contributed by atoms with van der Waals surface area (Å²) >= 11 is 0. The van der Waals surface area contributed by atoms with Crippen molar-refractivity contribution in [2.75, 3.05) is 46.7 Å². The lowest BCUT2D eigenvalue weighted by molar-refractivity contribution is -0.140. The molecule has 0 saturated carbocycles. The largest absolute Gasteiger partial charge is 0.469 e. The summed E-state index contributed by atoms with van der Waals surface area (Å²) in [6, 6.07) is 6.45. The number of aromatic nitrogens is 2. The minimum absolute atomic E-state index is 0.0107. The van der Waals surface area contributed by atoms with Gasteiger partial charge in [-0.15, -0.1) is 0 Å². The second-order valence-electron chi connectivity index (χ2n) is 16.2. The van der Waals surface area contributed by atoms with Crippen molar-refractivity contribution in [1.82, 2.24) is 25.5 Å². The number of methoxy groups -OCH3 is 1. The molecule has 2 aromatic rings. The normalized spacial score (nSPS) is 17.7. The van der Waals surface area contributed by atoms with Crippen LogP contribution in [-0.2, 0) is 64.9 Å². The zero-order chi connectivity index (χ0) is 46.5. The van der Waals surface area contributed by atoms with Gasteiger partial charge in [-0.05, 0) is 44.1 Å². The number of Topliss-reactive ketones (excluding diaryl/α,β-unsaturated/α-hetero) is 2. The zero-order valence-electron chi connectivity index (χ0n) is 36.5. The number of imidazole rings is 1. The van der Waals surface area contributed by atoms with Gasteiger partial charge >= 0.3 is 7.82 Å². The van der Waals surface area contributed by atoms with E-state index in [1.807, 2.05) is 32.0 Å². The van der Waals surface area contributed by atoms with Gasteiger partial charge < -0.3 is 55.4 Å². The van der Waals surface area contributed by atoms with Crippen LogP contribution in [0, 0.1) is 17.8 Å². The number of rotatable bonds is 31. The van der Waals surface area contributed by atoms with Gasteiger partial charge in [0, 0.05) is 57.8 Å². The third-order valence-corrected chi connectivity index (χ3v) is 11.2. The highest BCUT2D eigenvalue weighted by Crippen LogP contribution is 2.39. The number of nitrogens with two attached hydrogens (primary N) is 1. The SMILES string of the molecule is COCCOCCC(=O)N1C[C@@H](OCCCCc2ccccc2)C[C@H]1C(=O)N[C@@H](CC(C)C)C(=O)C[C@@H](Cc1cnc[nH]1)C(=O)N[C@@H](CO)C(=O)C[C@H](C(N)=O)C(C)OP(=O)(O)O. The van der Waals surface area contributed by atoms with Crippen LogP contribution in [0.3, 0.4) is 0 Å². The molecule has 1 saturated heterocycles. The standard InChI is InChI=1S/C42H65N6O14P/c1-27(2)18-34(46-42(55)36-21-32(24-48(36)39(52)13-15-60-17-16-59-4)61-14-9-8-12-29-10-6-5-7-11-29)37(50)20-30(19-31-23-44-26-45-31)41(54)47-35(25-49)38(51)22-33(40(43)53)28(3)62-63(56,57)58/h5-7,10-11,23,26-28,30,32-36,49H,8-9,12-22,24-25H2,1-4H3,(H2,43,53)(H,44,45)(H,46,55)(H,47,54)(H2,56,57,58)/t28?,30-,32+,33+,34+,35+,36+/m1/s1. The number of aliphatic hydroxyl groups excluding tert-OH is 1. The van der Waals surface area contributed by atoms with Crippen molar-refractivity contribution in [3.8, 4) is 0 Å². The number of aryl methyl sites for hydroxylation is 1. The Labute approximate surface area is 368 Å². The second kappa shape index (κ2) is 27.0. The molecule has 0 bridgehead atoms. The molecule has 63 heavy (non-hydrogen) atoms. The molecule has 8 N–H and O–H groups in total. The van der Waals surface area contributed by atoms with E-state index in [1.165, 1.54) is 30.1 Å². The van der Waals surface area contributed by atoms with E-state index in [0.717, 1.165) is 26.2 Å². The topological polar surface area (TPSA) is 299 Å². The molecule has 1 aliphatic rings. The van der Waals surface area contributed by atoms with Crippen molar-refractivity contribution in [2.45, 2.75) is 109 Å². The van der Waals surface area contributed by atoms with E-state index in [1.54, 1.807) is 0 Å². The fourth-order valence-electron chi connectivity index (χ4n) is 7.29. The molecule has 4 amide bonds. The summed E-state index contributed by atoms with van der Waals surface area (Å²) in [7, 11) is -3.53. The van der Waals surface area contributed by atoms with Crippen molar-refractivity contribution in [3.05, 3.63) is 54.1 Å². The van der Waals surface area contributed by atoms with Gasteiger partial charge in [-0.25, -0.2) is 9.55 Å². The van der Waals surface area contributed by atoms with E-state index < -0.39 is 98.7 Å². The van der Waals surface area contributed by atoms with Crippen LogP contribution >= 0.6 is 7.82 Å². The molecule has 3 rings (SSSR count). The van der Waals surface area contributed by atoms with Gasteiger partial charge in [0.15, 0.2) is 11.6 Å². The first-order valence-corrected chi connectivity index (χ1v) is 22.7. The summed E-state index contributed by atoms with van der Waals surface area (Å²) < 4.78 is 32.6. The first kappa shape index (κ1) is 52.9. The number of benzene rings is 1. The summed E-state index contributed by atoms with van der Waals surface area (Å²) in [5, 5.41) is 15.4. The fraction of sp³-hybridized carbons (Fsp3) is 0.643. The lowest BCUT2D eigenvalue weighted by Gasteiger charge is -2.28. The van der Waals surface area contributed by atoms with Crippen LogP contribution < -0.4 is 16.4 Å². The van der Waals surface area contributed by atoms with E-state index in [0.29, 0.717) is 25.5 Å². The number of ether oxygens (including phenoxy) is 3. The number of amides is 4. The lowest BCUT2D eigenvalue weighted by Crippen LogP contribution is -2.52. The number of likely N-dealkylation sites (tertiary alicyclic amines) is 1. The monoisotopic (exact) mass is 908 g/mol. The number of aliphatic hydroxyl groups is 1. The molecule has 1 aliphatic heterocycles. The second-order valence-corrected chi connectivity index (χ2v) is 17.3. The highest BCUT2D eigenvalue weighted by Gasteiger charge is 2.42. The minimum Gasteiger partial charge on any atom is -0.394 e. The number of carbonyl (C=O) groups excluding carboxylic acids is 6. The number of unbranched alkanes of at least 4 members (excludes halogenated alkanes) is 1. The molecule has 2 heterocycles. The van der Waals surface area contributed by atoms with Crippen LogP contribution in [0.2, 0.25) is 0 Å². The van der Waals surface area contributed by atoms with Gasteiger partial charge in [-0.2, -0.15) is 0 Å². The maximum Gasteiger partial charge on any atom is 0.469 e. The number of phosphoric ester groups is 1. The number of nitrogens with zero attached hydrogens (tertiary/aromatic N) is 2. The van der Waals surface area contributed by atoms with Crippen LogP contribution in [0.15, 0.2) is 42.9 Å². The number of nitrogens with one attached hydrogen (secondary N) is 3. The van der Waals surface area contributed by atoms with Crippen LogP contribution in [0.25, 0.3) is 0 Å². The molecule has 0 spiro atoms. The molecule has 20 nitrogen and oxygen atoms in total. The molecule has 0 radical (unpaired) electrons. The maximum absolute atomic E-state index is 14.2. The summed E-state index contributed by atoms with van der Waals surface area (Å²) in [6.45, 7) is 5.31. The first-order chi connectivity index (χ1) is 29.9. The molecular weight excluding hydrogens is 843 g/mol. The molecule has 1 aromatic heterocycles. The van der Waals surface area contributed by atoms with Gasteiger partial charge in [0.25, 0.3) is 0 Å². The van der Waals surface area contributed by atoms with E-state index in [-0.39, 0.29) is 50.7 Å². The molecule has 21 heteroatoms. The van der Waals surface area contributed by atoms with Gasteiger partial charge in [-0.3, -0.25) is 33.3 Å². The van der Waals surface area contributed by atoms with Crippen LogP contribution in [0.5, 0.6) is 0 Å². The van der Waals surface area contributed by atoms with E-state index in [9.17, 15) is 48.2 Å². The Morgan fingerprint density at radius 3 is 2.30 bits per heavy atom. The maximum atomic E-state index is 14.2. The Hall–Kier alpha value is -4.40. The summed E-state index contributed by atoms with van der Waals surface area (Å²) in [5.74, 6) is -6.97. The van der Waals surface area contributed by atoms with Gasteiger partial charge in [0.1, 0.15) is 12.1 Å². The van der Waals surface area contributed by atoms with Crippen LogP contribution in [-0.4, -0.2) is 142 Å². The van der Waals surface area contributed by atoms with Crippen LogP contribution in [0.4, 0.5) is 0 Å². The third kappa shape index (κ3) is 19.1. The quantitative estimate of drug-likeness (QED) is 0.0413. The summed E-state index contributed by atoms with van der Waals surface area (Å²) in [5.41, 5.74) is 7.08. The van der Waals surface area contributed by atoms with E-state index >= 15 is 0 Å². The Morgan fingerprint density at radius 1 is 0.968 bits per heavy atom. The predicted molar refractivity (Wildman–Crippen MR) is 227 cm³/mol. The molecule has 7 atom stereocenters. The predicted octanol–water partition coefficient (Wildman–Crippen LogP) is 1.16. The van der Waals surface area contributed by atoms with E-state index in [4.69, 9.17) is 19.9 Å². The Bertz CT molecular complexity index is 1800. The summed E-state index contributed by atoms with van der Waals surface area (Å²) in [4.78, 5) is 108. The molecule has 352 valence electrons. The summed E-state index contributed by atoms with van der Waals surface area (Å²) in [6.07, 6.45) is 2.63. The molecule has 1 aromatic carbocycles. The Morgan fingerprint density at radius 2 is 1.68 bits per heavy atom. The van der Waals surface area contributed by atoms with Crippen molar-refractivity contribution >= 4 is 43.0 Å².